The predicted molar refractivity (Wildman–Crippen MR) is 62.4 cm³/mol. The number of aliphatic hydroxyl groups is 1. The van der Waals surface area contributed by atoms with Crippen LogP contribution in [0, 0.1) is 17.8 Å². The van der Waals surface area contributed by atoms with Crippen molar-refractivity contribution in [1.29, 1.82) is 0 Å². The molecule has 2 nitrogen and oxygen atoms in total. The molecule has 14 heavy (non-hydrogen) atoms. The molecular weight excluding hydrogens is 194 g/mol. The second kappa shape index (κ2) is 5.06. The van der Waals surface area contributed by atoms with Gasteiger partial charge >= 0.3 is 0 Å². The maximum absolute atomic E-state index is 9.52. The van der Waals surface area contributed by atoms with Gasteiger partial charge in [0.05, 0.1) is 11.9 Å². The molecule has 0 saturated heterocycles. The quantitative estimate of drug-likeness (QED) is 0.530. The maximum Gasteiger partial charge on any atom is 0.0621 e. The standard InChI is InChI=1S/C11H19NOS/c1-4-6-14-7-5-12-9-8-10(13)11(9,2)3/h1,9-10,12-13H,5-8H2,2-3H3. The fraction of sp³-hybridized carbons (Fsp3) is 0.818. The topological polar surface area (TPSA) is 32.3 Å². The molecule has 0 aromatic rings. The third-order valence-electron chi connectivity index (χ3n) is 3.04. The highest BCUT2D eigenvalue weighted by Crippen LogP contribution is 2.40. The largest absolute Gasteiger partial charge is 0.392 e. The lowest BCUT2D eigenvalue weighted by molar-refractivity contribution is -0.0716. The number of aliphatic hydroxyl groups excluding tert-OH is 1. The monoisotopic (exact) mass is 213 g/mol. The van der Waals surface area contributed by atoms with E-state index in [-0.39, 0.29) is 11.5 Å². The van der Waals surface area contributed by atoms with Crippen LogP contribution >= 0.6 is 11.8 Å². The molecule has 0 aromatic heterocycles. The van der Waals surface area contributed by atoms with Crippen molar-refractivity contribution in [2.24, 2.45) is 5.41 Å². The molecule has 0 heterocycles. The Labute approximate surface area is 90.8 Å². The van der Waals surface area contributed by atoms with Gasteiger partial charge in [0.2, 0.25) is 0 Å². The lowest BCUT2D eigenvalue weighted by Crippen LogP contribution is -2.60. The lowest BCUT2D eigenvalue weighted by Gasteiger charge is -2.49. The lowest BCUT2D eigenvalue weighted by atomic mass is 9.64. The molecule has 0 aromatic carbocycles. The smallest absolute Gasteiger partial charge is 0.0621 e. The minimum atomic E-state index is -0.140. The van der Waals surface area contributed by atoms with E-state index in [1.54, 1.807) is 11.8 Å². The summed E-state index contributed by atoms with van der Waals surface area (Å²) in [4.78, 5) is 0. The molecule has 2 atom stereocenters. The summed E-state index contributed by atoms with van der Waals surface area (Å²) in [5, 5.41) is 13.0. The van der Waals surface area contributed by atoms with Gasteiger partial charge in [-0.1, -0.05) is 19.8 Å². The summed E-state index contributed by atoms with van der Waals surface area (Å²) in [6.45, 7) is 5.19. The van der Waals surface area contributed by atoms with Gasteiger partial charge in [0.1, 0.15) is 0 Å². The van der Waals surface area contributed by atoms with Crippen LogP contribution in [0.15, 0.2) is 0 Å². The molecule has 0 bridgehead atoms. The molecule has 2 unspecified atom stereocenters. The van der Waals surface area contributed by atoms with E-state index < -0.39 is 0 Å². The van der Waals surface area contributed by atoms with Gasteiger partial charge in [-0.05, 0) is 6.42 Å². The van der Waals surface area contributed by atoms with Crippen molar-refractivity contribution in [2.75, 3.05) is 18.1 Å². The average Bonchev–Trinajstić information content (AvgIpc) is 2.16. The Morgan fingerprint density at radius 2 is 2.36 bits per heavy atom. The molecule has 1 saturated carbocycles. The molecule has 0 amide bonds. The van der Waals surface area contributed by atoms with Gasteiger partial charge in [-0.15, -0.1) is 18.2 Å². The number of hydrogen-bond acceptors (Lipinski definition) is 3. The molecule has 80 valence electrons. The van der Waals surface area contributed by atoms with Crippen LogP contribution in [0.1, 0.15) is 20.3 Å². The Bertz CT molecular complexity index is 222. The summed E-state index contributed by atoms with van der Waals surface area (Å²) in [7, 11) is 0. The SMILES string of the molecule is C#CCSCCNC1CC(O)C1(C)C. The first-order valence-corrected chi connectivity index (χ1v) is 6.17. The predicted octanol–water partition coefficient (Wildman–Crippen LogP) is 1.10. The molecule has 1 rings (SSSR count). The van der Waals surface area contributed by atoms with Gasteiger partial charge in [0.25, 0.3) is 0 Å². The Balaban J connectivity index is 2.07. The van der Waals surface area contributed by atoms with Crippen molar-refractivity contribution in [3.63, 3.8) is 0 Å². The van der Waals surface area contributed by atoms with Crippen LogP contribution in [-0.2, 0) is 0 Å². The molecule has 1 aliphatic rings. The highest BCUT2D eigenvalue weighted by Gasteiger charge is 2.46. The van der Waals surface area contributed by atoms with Gasteiger partial charge < -0.3 is 10.4 Å². The Morgan fingerprint density at radius 3 is 2.86 bits per heavy atom. The van der Waals surface area contributed by atoms with Crippen LogP contribution < -0.4 is 5.32 Å². The van der Waals surface area contributed by atoms with Gasteiger partial charge in [0.15, 0.2) is 0 Å². The molecule has 1 fully saturated rings. The maximum atomic E-state index is 9.52. The van der Waals surface area contributed by atoms with Crippen molar-refractivity contribution >= 4 is 11.8 Å². The zero-order valence-electron chi connectivity index (χ0n) is 8.92. The van der Waals surface area contributed by atoms with E-state index in [0.29, 0.717) is 6.04 Å². The van der Waals surface area contributed by atoms with Gasteiger partial charge in [0, 0.05) is 23.8 Å². The number of nitrogens with one attached hydrogen (secondary N) is 1. The van der Waals surface area contributed by atoms with E-state index in [9.17, 15) is 5.11 Å². The van der Waals surface area contributed by atoms with Crippen molar-refractivity contribution in [3.8, 4) is 12.3 Å². The van der Waals surface area contributed by atoms with Crippen LogP contribution in [-0.4, -0.2) is 35.3 Å². The van der Waals surface area contributed by atoms with E-state index in [4.69, 9.17) is 6.42 Å². The van der Waals surface area contributed by atoms with Crippen LogP contribution in [0.2, 0.25) is 0 Å². The molecule has 0 aliphatic heterocycles. The van der Waals surface area contributed by atoms with Gasteiger partial charge in [-0.25, -0.2) is 0 Å². The summed E-state index contributed by atoms with van der Waals surface area (Å²) >= 11 is 1.77. The van der Waals surface area contributed by atoms with E-state index in [0.717, 1.165) is 24.5 Å². The van der Waals surface area contributed by atoms with E-state index in [1.165, 1.54) is 0 Å². The van der Waals surface area contributed by atoms with E-state index in [1.807, 2.05) is 0 Å². The molecule has 0 radical (unpaired) electrons. The second-order valence-electron chi connectivity index (χ2n) is 4.34. The van der Waals surface area contributed by atoms with Crippen LogP contribution in [0.3, 0.4) is 0 Å². The number of rotatable bonds is 5. The molecular formula is C11H19NOS. The third kappa shape index (κ3) is 2.66. The molecule has 3 heteroatoms. The van der Waals surface area contributed by atoms with E-state index >= 15 is 0 Å². The highest BCUT2D eigenvalue weighted by atomic mass is 32.2. The van der Waals surface area contributed by atoms with Crippen molar-refractivity contribution in [1.82, 2.24) is 5.32 Å². The number of thioether (sulfide) groups is 1. The first-order chi connectivity index (χ1) is 6.59. The fourth-order valence-corrected chi connectivity index (χ4v) is 2.21. The van der Waals surface area contributed by atoms with Gasteiger partial charge in [-0.3, -0.25) is 0 Å². The Hall–Kier alpha value is -0.170. The first-order valence-electron chi connectivity index (χ1n) is 5.01. The van der Waals surface area contributed by atoms with Crippen LogP contribution in [0.25, 0.3) is 0 Å². The van der Waals surface area contributed by atoms with Crippen molar-refractivity contribution in [2.45, 2.75) is 32.4 Å². The molecule has 0 spiro atoms. The fourth-order valence-electron chi connectivity index (χ4n) is 1.69. The summed E-state index contributed by atoms with van der Waals surface area (Å²) in [6, 6.07) is 0.462. The summed E-state index contributed by atoms with van der Waals surface area (Å²) in [5.41, 5.74) is 0.0385. The zero-order chi connectivity index (χ0) is 10.6. The minimum Gasteiger partial charge on any atom is -0.392 e. The van der Waals surface area contributed by atoms with Crippen LogP contribution in [0.5, 0.6) is 0 Å². The summed E-state index contributed by atoms with van der Waals surface area (Å²) in [5.74, 6) is 4.44. The first kappa shape index (κ1) is 11.9. The zero-order valence-corrected chi connectivity index (χ0v) is 9.73. The van der Waals surface area contributed by atoms with Gasteiger partial charge in [-0.2, -0.15) is 0 Å². The number of terminal acetylenes is 1. The van der Waals surface area contributed by atoms with E-state index in [2.05, 4.69) is 25.1 Å². The summed E-state index contributed by atoms with van der Waals surface area (Å²) < 4.78 is 0. The minimum absolute atomic E-state index is 0.0385. The number of hydrogen-bond donors (Lipinski definition) is 2. The molecule has 2 N–H and O–H groups in total. The van der Waals surface area contributed by atoms with Crippen molar-refractivity contribution < 1.29 is 5.11 Å². The Kier molecular flexibility index (Phi) is 4.31. The second-order valence-corrected chi connectivity index (χ2v) is 5.44. The Morgan fingerprint density at radius 1 is 1.64 bits per heavy atom. The highest BCUT2D eigenvalue weighted by molar-refractivity contribution is 7.99. The normalized spacial score (nSPS) is 29.3. The molecule has 1 aliphatic carbocycles. The summed E-state index contributed by atoms with van der Waals surface area (Å²) in [6.07, 6.45) is 5.89. The van der Waals surface area contributed by atoms with Crippen LogP contribution in [0.4, 0.5) is 0 Å². The van der Waals surface area contributed by atoms with Crippen molar-refractivity contribution in [3.05, 3.63) is 0 Å². The average molecular weight is 213 g/mol. The third-order valence-corrected chi connectivity index (χ3v) is 3.90.